The molecule has 2 amide bonds. The molecule has 10 nitrogen and oxygen atoms in total. The molecule has 2 aromatic heterocycles. The highest BCUT2D eigenvalue weighted by atomic mass is 127. The van der Waals surface area contributed by atoms with E-state index in [0.717, 1.165) is 3.57 Å². The van der Waals surface area contributed by atoms with E-state index in [4.69, 9.17) is 14.9 Å². The first kappa shape index (κ1) is 17.5. The zero-order valence-corrected chi connectivity index (χ0v) is 15.5. The summed E-state index contributed by atoms with van der Waals surface area (Å²) in [6.07, 6.45) is 0. The SMILES string of the molecule is NC(=O)NCCSc1nonc1-c1noc(=O)n1-c1cccc(I)c1. The van der Waals surface area contributed by atoms with E-state index in [0.29, 0.717) is 23.0 Å². The molecule has 0 radical (unpaired) electrons. The Morgan fingerprint density at radius 2 is 2.20 bits per heavy atom. The molecule has 0 aliphatic carbocycles. The number of urea groups is 1. The van der Waals surface area contributed by atoms with Crippen LogP contribution >= 0.6 is 34.4 Å². The van der Waals surface area contributed by atoms with Crippen molar-refractivity contribution < 1.29 is 13.9 Å². The monoisotopic (exact) mass is 474 g/mol. The fourth-order valence-corrected chi connectivity index (χ4v) is 3.25. The molecule has 0 saturated heterocycles. The zero-order valence-electron chi connectivity index (χ0n) is 12.5. The molecule has 0 spiro atoms. The molecule has 25 heavy (non-hydrogen) atoms. The topological polar surface area (TPSA) is 142 Å². The van der Waals surface area contributed by atoms with Gasteiger partial charge in [0.25, 0.3) is 0 Å². The van der Waals surface area contributed by atoms with Crippen molar-refractivity contribution in [1.29, 1.82) is 0 Å². The van der Waals surface area contributed by atoms with Gasteiger partial charge in [0.2, 0.25) is 5.82 Å². The first-order chi connectivity index (χ1) is 12.1. The van der Waals surface area contributed by atoms with E-state index >= 15 is 0 Å². The summed E-state index contributed by atoms with van der Waals surface area (Å²) < 4.78 is 11.8. The molecule has 0 aliphatic heterocycles. The number of benzene rings is 1. The van der Waals surface area contributed by atoms with Crippen molar-refractivity contribution in [1.82, 2.24) is 25.4 Å². The molecule has 3 N–H and O–H groups in total. The van der Waals surface area contributed by atoms with Crippen LogP contribution in [0.15, 0.2) is 43.2 Å². The number of thioether (sulfide) groups is 1. The maximum atomic E-state index is 12.1. The number of aromatic nitrogens is 4. The number of amides is 2. The second-order valence-corrected chi connectivity index (χ2v) is 6.97. The Bertz CT molecular complexity index is 952. The highest BCUT2D eigenvalue weighted by Gasteiger charge is 2.22. The molecule has 3 rings (SSSR count). The van der Waals surface area contributed by atoms with Gasteiger partial charge in [-0.05, 0) is 51.1 Å². The van der Waals surface area contributed by atoms with Crippen LogP contribution in [0.3, 0.4) is 0 Å². The minimum Gasteiger partial charge on any atom is -0.352 e. The molecular weight excluding hydrogens is 463 g/mol. The van der Waals surface area contributed by atoms with Crippen LogP contribution in [0.2, 0.25) is 0 Å². The van der Waals surface area contributed by atoms with E-state index < -0.39 is 11.8 Å². The van der Waals surface area contributed by atoms with E-state index in [1.54, 1.807) is 12.1 Å². The Balaban J connectivity index is 1.90. The van der Waals surface area contributed by atoms with Gasteiger partial charge >= 0.3 is 11.8 Å². The first-order valence-electron chi connectivity index (χ1n) is 6.90. The number of carbonyl (C=O) groups excluding carboxylic acids is 1. The van der Waals surface area contributed by atoms with Gasteiger partial charge in [-0.1, -0.05) is 23.0 Å². The second kappa shape index (κ2) is 7.69. The van der Waals surface area contributed by atoms with Crippen molar-refractivity contribution in [2.24, 2.45) is 5.73 Å². The van der Waals surface area contributed by atoms with Crippen LogP contribution in [0.5, 0.6) is 0 Å². The molecule has 0 fully saturated rings. The average molecular weight is 474 g/mol. The summed E-state index contributed by atoms with van der Waals surface area (Å²) in [6.45, 7) is 0.342. The van der Waals surface area contributed by atoms with Crippen LogP contribution in [-0.2, 0) is 0 Å². The maximum Gasteiger partial charge on any atom is 0.446 e. The molecule has 0 atom stereocenters. The van der Waals surface area contributed by atoms with Crippen LogP contribution < -0.4 is 16.8 Å². The van der Waals surface area contributed by atoms with E-state index in [1.807, 2.05) is 12.1 Å². The van der Waals surface area contributed by atoms with Crippen LogP contribution in [0, 0.1) is 3.57 Å². The van der Waals surface area contributed by atoms with Crippen LogP contribution in [-0.4, -0.2) is 38.4 Å². The number of carbonyl (C=O) groups is 1. The summed E-state index contributed by atoms with van der Waals surface area (Å²) in [5, 5.41) is 14.3. The number of rotatable bonds is 6. The summed E-state index contributed by atoms with van der Waals surface area (Å²) in [5.41, 5.74) is 5.86. The molecule has 3 aromatic rings. The smallest absolute Gasteiger partial charge is 0.352 e. The molecule has 0 unspecified atom stereocenters. The lowest BCUT2D eigenvalue weighted by molar-refractivity contribution is 0.249. The van der Waals surface area contributed by atoms with Gasteiger partial charge in [0.1, 0.15) is 0 Å². The minimum absolute atomic E-state index is 0.179. The zero-order chi connectivity index (χ0) is 17.8. The standard InChI is InChI=1S/C13H11IN6O4S/c14-7-2-1-3-8(6-7)20-10(18-23-13(20)22)9-11(19-24-17-9)25-5-4-16-12(15)21/h1-3,6H,4-5H2,(H3,15,16,21). The molecule has 1 aromatic carbocycles. The number of nitrogens with two attached hydrogens (primary N) is 1. The predicted molar refractivity (Wildman–Crippen MR) is 96.4 cm³/mol. The first-order valence-corrected chi connectivity index (χ1v) is 8.96. The average Bonchev–Trinajstić information content (AvgIpc) is 3.17. The van der Waals surface area contributed by atoms with Crippen LogP contribution in [0.25, 0.3) is 17.2 Å². The lowest BCUT2D eigenvalue weighted by atomic mass is 10.3. The van der Waals surface area contributed by atoms with Crippen LogP contribution in [0.1, 0.15) is 0 Å². The summed E-state index contributed by atoms with van der Waals surface area (Å²) in [7, 11) is 0. The van der Waals surface area contributed by atoms with Crippen LogP contribution in [0.4, 0.5) is 4.79 Å². The third-order valence-corrected chi connectivity index (χ3v) is 4.60. The number of halogens is 1. The Hall–Kier alpha value is -2.35. The van der Waals surface area contributed by atoms with Crippen molar-refractivity contribution >= 4 is 40.4 Å². The molecule has 2 heterocycles. The number of primary amides is 1. The normalized spacial score (nSPS) is 10.8. The third kappa shape index (κ3) is 4.01. The molecular formula is C13H11IN6O4S. The van der Waals surface area contributed by atoms with Gasteiger partial charge in [-0.3, -0.25) is 4.52 Å². The highest BCUT2D eigenvalue weighted by molar-refractivity contribution is 14.1. The lowest BCUT2D eigenvalue weighted by Crippen LogP contribution is -2.31. The Kier molecular flexibility index (Phi) is 5.37. The van der Waals surface area contributed by atoms with Gasteiger partial charge in [-0.2, -0.15) is 0 Å². The quantitative estimate of drug-likeness (QED) is 0.309. The largest absolute Gasteiger partial charge is 0.446 e. The number of nitrogens with one attached hydrogen (secondary N) is 1. The fraction of sp³-hybridized carbons (Fsp3) is 0.154. The summed E-state index contributed by atoms with van der Waals surface area (Å²) in [4.78, 5) is 22.8. The van der Waals surface area contributed by atoms with Gasteiger partial charge < -0.3 is 11.1 Å². The van der Waals surface area contributed by atoms with Crippen molar-refractivity contribution in [3.05, 3.63) is 38.4 Å². The minimum atomic E-state index is -0.647. The lowest BCUT2D eigenvalue weighted by Gasteiger charge is -2.04. The summed E-state index contributed by atoms with van der Waals surface area (Å²) in [6, 6.07) is 6.66. The number of hydrogen-bond donors (Lipinski definition) is 2. The van der Waals surface area contributed by atoms with Gasteiger partial charge in [-0.25, -0.2) is 18.8 Å². The van der Waals surface area contributed by atoms with Gasteiger partial charge in [-0.15, -0.1) is 0 Å². The number of nitrogens with zero attached hydrogens (tertiary/aromatic N) is 4. The molecule has 12 heteroatoms. The molecule has 130 valence electrons. The summed E-state index contributed by atoms with van der Waals surface area (Å²) >= 11 is 3.41. The van der Waals surface area contributed by atoms with E-state index in [2.05, 4.69) is 43.4 Å². The number of hydrogen-bond acceptors (Lipinski definition) is 8. The fourth-order valence-electron chi connectivity index (χ4n) is 1.98. The van der Waals surface area contributed by atoms with E-state index in [9.17, 15) is 9.59 Å². The van der Waals surface area contributed by atoms with Gasteiger partial charge in [0, 0.05) is 15.9 Å². The predicted octanol–water partition coefficient (Wildman–Crippen LogP) is 1.24. The van der Waals surface area contributed by atoms with Gasteiger partial charge in [0.15, 0.2) is 10.7 Å². The van der Waals surface area contributed by atoms with Crippen molar-refractivity contribution in [3.8, 4) is 17.2 Å². The van der Waals surface area contributed by atoms with Crippen molar-refractivity contribution in [2.75, 3.05) is 12.3 Å². The van der Waals surface area contributed by atoms with E-state index in [1.165, 1.54) is 16.3 Å². The molecule has 0 bridgehead atoms. The second-order valence-electron chi connectivity index (χ2n) is 4.64. The maximum absolute atomic E-state index is 12.1. The third-order valence-electron chi connectivity index (χ3n) is 2.98. The van der Waals surface area contributed by atoms with E-state index in [-0.39, 0.29) is 11.5 Å². The van der Waals surface area contributed by atoms with Crippen molar-refractivity contribution in [3.63, 3.8) is 0 Å². The molecule has 0 aliphatic rings. The molecule has 0 saturated carbocycles. The van der Waals surface area contributed by atoms with Gasteiger partial charge in [0.05, 0.1) is 5.69 Å². The Morgan fingerprint density at radius 1 is 1.36 bits per heavy atom. The Labute approximate surface area is 158 Å². The van der Waals surface area contributed by atoms with Crippen molar-refractivity contribution in [2.45, 2.75) is 5.03 Å². The Morgan fingerprint density at radius 3 is 2.96 bits per heavy atom. The highest BCUT2D eigenvalue weighted by Crippen LogP contribution is 2.27. The summed E-state index contributed by atoms with van der Waals surface area (Å²) in [5.74, 6) is 0.0140.